The summed E-state index contributed by atoms with van der Waals surface area (Å²) < 4.78 is 11.1. The summed E-state index contributed by atoms with van der Waals surface area (Å²) in [5, 5.41) is 8.05. The Bertz CT molecular complexity index is 978. The van der Waals surface area contributed by atoms with Gasteiger partial charge in [0.25, 0.3) is 0 Å². The van der Waals surface area contributed by atoms with Gasteiger partial charge in [0.1, 0.15) is 5.76 Å². The molecular formula is C18H17N5O2S. The number of aromatic nitrogens is 4. The predicted octanol–water partition coefficient (Wildman–Crippen LogP) is 3.79. The van der Waals surface area contributed by atoms with Gasteiger partial charge in [-0.05, 0) is 37.6 Å². The second kappa shape index (κ2) is 7.19. The van der Waals surface area contributed by atoms with Crippen molar-refractivity contribution in [1.29, 1.82) is 0 Å². The maximum absolute atomic E-state index is 5.78. The van der Waals surface area contributed by atoms with Crippen LogP contribution in [0.3, 0.4) is 0 Å². The quantitative estimate of drug-likeness (QED) is 0.513. The van der Waals surface area contributed by atoms with Gasteiger partial charge in [0.05, 0.1) is 12.2 Å². The van der Waals surface area contributed by atoms with Crippen LogP contribution < -0.4 is 0 Å². The van der Waals surface area contributed by atoms with Gasteiger partial charge in [-0.1, -0.05) is 5.16 Å². The van der Waals surface area contributed by atoms with E-state index < -0.39 is 0 Å². The minimum Gasteiger partial charge on any atom is -0.441 e. The van der Waals surface area contributed by atoms with Crippen LogP contribution in [0.2, 0.25) is 0 Å². The van der Waals surface area contributed by atoms with Crippen molar-refractivity contribution in [3.05, 3.63) is 58.7 Å². The Balaban J connectivity index is 1.43. The minimum absolute atomic E-state index is 0.521. The van der Waals surface area contributed by atoms with E-state index in [2.05, 4.69) is 25.0 Å². The Morgan fingerprint density at radius 3 is 2.85 bits per heavy atom. The van der Waals surface area contributed by atoms with Crippen LogP contribution in [0, 0.1) is 6.92 Å². The Kier molecular flexibility index (Phi) is 4.59. The van der Waals surface area contributed by atoms with E-state index in [9.17, 15) is 0 Å². The summed E-state index contributed by atoms with van der Waals surface area (Å²) in [6.45, 7) is 3.08. The number of rotatable bonds is 6. The topological polar surface area (TPSA) is 81.1 Å². The lowest BCUT2D eigenvalue weighted by atomic mass is 10.3. The van der Waals surface area contributed by atoms with Crippen LogP contribution in [-0.2, 0) is 13.1 Å². The zero-order valence-electron chi connectivity index (χ0n) is 14.4. The highest BCUT2D eigenvalue weighted by Crippen LogP contribution is 2.24. The fraction of sp³-hybridized carbons (Fsp3) is 0.222. The van der Waals surface area contributed by atoms with Gasteiger partial charge in [0, 0.05) is 35.4 Å². The molecule has 8 heteroatoms. The van der Waals surface area contributed by atoms with E-state index in [1.54, 1.807) is 23.7 Å². The van der Waals surface area contributed by atoms with E-state index in [0.717, 1.165) is 22.6 Å². The summed E-state index contributed by atoms with van der Waals surface area (Å²) in [7, 11) is 1.98. The van der Waals surface area contributed by atoms with Crippen LogP contribution in [0.25, 0.3) is 22.8 Å². The van der Waals surface area contributed by atoms with Crippen molar-refractivity contribution in [1.82, 2.24) is 25.0 Å². The Hall–Kier alpha value is -2.84. The molecule has 0 spiro atoms. The molecule has 0 saturated carbocycles. The van der Waals surface area contributed by atoms with Gasteiger partial charge in [-0.15, -0.1) is 0 Å². The molecule has 0 aliphatic rings. The van der Waals surface area contributed by atoms with Crippen molar-refractivity contribution in [2.75, 3.05) is 7.05 Å². The molecule has 4 rings (SSSR count). The smallest absolute Gasteiger partial charge is 0.241 e. The molecule has 0 fully saturated rings. The molecule has 4 aromatic rings. The average Bonchev–Trinajstić information content (AvgIpc) is 3.38. The van der Waals surface area contributed by atoms with Crippen molar-refractivity contribution in [3.8, 4) is 22.8 Å². The third kappa shape index (κ3) is 3.56. The lowest BCUT2D eigenvalue weighted by Crippen LogP contribution is -2.18. The molecule has 0 N–H and O–H groups in total. The van der Waals surface area contributed by atoms with E-state index >= 15 is 0 Å². The standard InChI is InChI=1S/C18H17N5O2S/c1-12-15(20-18(24-12)14-5-7-26-11-14)9-23(2)10-16-21-17(22-25-16)13-4-3-6-19-8-13/h3-8,11H,9-10H2,1-2H3. The highest BCUT2D eigenvalue weighted by molar-refractivity contribution is 7.08. The summed E-state index contributed by atoms with van der Waals surface area (Å²) in [6.07, 6.45) is 3.42. The van der Waals surface area contributed by atoms with E-state index in [1.165, 1.54) is 0 Å². The van der Waals surface area contributed by atoms with Crippen molar-refractivity contribution < 1.29 is 8.94 Å². The highest BCUT2D eigenvalue weighted by atomic mass is 32.1. The minimum atomic E-state index is 0.521. The van der Waals surface area contributed by atoms with Gasteiger partial charge in [0.15, 0.2) is 0 Å². The van der Waals surface area contributed by atoms with Crippen LogP contribution in [0.5, 0.6) is 0 Å². The Labute approximate surface area is 154 Å². The van der Waals surface area contributed by atoms with Gasteiger partial charge in [0.2, 0.25) is 17.6 Å². The molecule has 0 aliphatic carbocycles. The maximum atomic E-state index is 5.78. The first-order chi connectivity index (χ1) is 12.7. The number of aryl methyl sites for hydroxylation is 1. The van der Waals surface area contributed by atoms with Crippen molar-refractivity contribution >= 4 is 11.3 Å². The molecule has 0 saturated heterocycles. The molecule has 0 unspecified atom stereocenters. The van der Waals surface area contributed by atoms with Crippen LogP contribution in [0.15, 0.2) is 50.3 Å². The summed E-state index contributed by atoms with van der Waals surface area (Å²) in [6, 6.07) is 5.74. The second-order valence-corrected chi connectivity index (χ2v) is 6.74. The molecule has 4 aromatic heterocycles. The molecule has 0 bridgehead atoms. The summed E-state index contributed by atoms with van der Waals surface area (Å²) >= 11 is 1.62. The van der Waals surface area contributed by atoms with Crippen LogP contribution >= 0.6 is 11.3 Å². The number of nitrogens with zero attached hydrogens (tertiary/aromatic N) is 5. The van der Waals surface area contributed by atoms with Gasteiger partial charge < -0.3 is 8.94 Å². The summed E-state index contributed by atoms with van der Waals surface area (Å²) in [4.78, 5) is 15.2. The van der Waals surface area contributed by atoms with Gasteiger partial charge in [-0.3, -0.25) is 9.88 Å². The third-order valence-electron chi connectivity index (χ3n) is 3.87. The normalized spacial score (nSPS) is 11.3. The monoisotopic (exact) mass is 367 g/mol. The van der Waals surface area contributed by atoms with Crippen molar-refractivity contribution in [2.24, 2.45) is 0 Å². The van der Waals surface area contributed by atoms with E-state index in [0.29, 0.717) is 30.7 Å². The van der Waals surface area contributed by atoms with Crippen LogP contribution in [0.1, 0.15) is 17.3 Å². The molecular weight excluding hydrogens is 350 g/mol. The average molecular weight is 367 g/mol. The lowest BCUT2D eigenvalue weighted by Gasteiger charge is -2.12. The van der Waals surface area contributed by atoms with Crippen molar-refractivity contribution in [2.45, 2.75) is 20.0 Å². The number of hydrogen-bond donors (Lipinski definition) is 0. The third-order valence-corrected chi connectivity index (χ3v) is 4.56. The SMILES string of the molecule is Cc1oc(-c2ccsc2)nc1CN(C)Cc1nc(-c2cccnc2)no1. The molecule has 132 valence electrons. The fourth-order valence-corrected chi connectivity index (χ4v) is 3.19. The Morgan fingerprint density at radius 2 is 2.08 bits per heavy atom. The molecule has 7 nitrogen and oxygen atoms in total. The van der Waals surface area contributed by atoms with Gasteiger partial charge in [-0.2, -0.15) is 16.3 Å². The van der Waals surface area contributed by atoms with Crippen LogP contribution in [-0.4, -0.2) is 32.1 Å². The van der Waals surface area contributed by atoms with Crippen molar-refractivity contribution in [3.63, 3.8) is 0 Å². The van der Waals surface area contributed by atoms with Gasteiger partial charge >= 0.3 is 0 Å². The number of oxazole rings is 1. The summed E-state index contributed by atoms with van der Waals surface area (Å²) in [5.74, 6) is 2.56. The zero-order valence-corrected chi connectivity index (χ0v) is 15.2. The Morgan fingerprint density at radius 1 is 1.15 bits per heavy atom. The number of thiophene rings is 1. The molecule has 0 radical (unpaired) electrons. The van der Waals surface area contributed by atoms with Gasteiger partial charge in [-0.25, -0.2) is 4.98 Å². The fourth-order valence-electron chi connectivity index (χ4n) is 2.56. The second-order valence-electron chi connectivity index (χ2n) is 5.96. The maximum Gasteiger partial charge on any atom is 0.241 e. The first-order valence-corrected chi connectivity index (χ1v) is 9.04. The number of pyridine rings is 1. The zero-order chi connectivity index (χ0) is 17.9. The molecule has 0 amide bonds. The van der Waals surface area contributed by atoms with Crippen LogP contribution in [0.4, 0.5) is 0 Å². The molecule has 0 aromatic carbocycles. The summed E-state index contributed by atoms with van der Waals surface area (Å²) in [5.41, 5.74) is 2.74. The van der Waals surface area contributed by atoms with E-state index in [1.807, 2.05) is 42.9 Å². The first kappa shape index (κ1) is 16.6. The molecule has 26 heavy (non-hydrogen) atoms. The largest absolute Gasteiger partial charge is 0.441 e. The lowest BCUT2D eigenvalue weighted by molar-refractivity contribution is 0.258. The molecule has 0 aliphatic heterocycles. The molecule has 4 heterocycles. The van der Waals surface area contributed by atoms with E-state index in [-0.39, 0.29) is 0 Å². The van der Waals surface area contributed by atoms with E-state index in [4.69, 9.17) is 8.94 Å². The first-order valence-electron chi connectivity index (χ1n) is 8.09. The molecule has 0 atom stereocenters. The highest BCUT2D eigenvalue weighted by Gasteiger charge is 2.16. The predicted molar refractivity (Wildman–Crippen MR) is 97.3 cm³/mol. The number of hydrogen-bond acceptors (Lipinski definition) is 8.